The molecule has 0 saturated heterocycles. The maximum Gasteiger partial charge on any atom is 0.343 e. The van der Waals surface area contributed by atoms with Gasteiger partial charge < -0.3 is 10.1 Å². The lowest BCUT2D eigenvalue weighted by Gasteiger charge is -2.11. The molecular formula is C29H25N3O4. The lowest BCUT2D eigenvalue weighted by molar-refractivity contribution is -0.120. The summed E-state index contributed by atoms with van der Waals surface area (Å²) in [5.41, 5.74) is 5.91. The van der Waals surface area contributed by atoms with Gasteiger partial charge in [0.15, 0.2) is 0 Å². The fourth-order valence-electron chi connectivity index (χ4n) is 3.52. The van der Waals surface area contributed by atoms with Crippen molar-refractivity contribution in [3.8, 4) is 5.75 Å². The van der Waals surface area contributed by atoms with Crippen LogP contribution in [-0.4, -0.2) is 30.5 Å². The molecule has 0 heterocycles. The third-order valence-electron chi connectivity index (χ3n) is 5.53. The van der Waals surface area contributed by atoms with E-state index in [2.05, 4.69) is 15.8 Å². The van der Waals surface area contributed by atoms with Crippen LogP contribution in [0.1, 0.15) is 37.4 Å². The van der Waals surface area contributed by atoms with Crippen molar-refractivity contribution < 1.29 is 19.1 Å². The van der Waals surface area contributed by atoms with Gasteiger partial charge in [0.2, 0.25) is 0 Å². The van der Waals surface area contributed by atoms with E-state index >= 15 is 0 Å². The number of nitrogens with one attached hydrogen (secondary N) is 2. The zero-order valence-electron chi connectivity index (χ0n) is 19.9. The molecule has 0 aliphatic heterocycles. The molecule has 0 aliphatic carbocycles. The normalized spacial score (nSPS) is 10.8. The summed E-state index contributed by atoms with van der Waals surface area (Å²) >= 11 is 0. The van der Waals surface area contributed by atoms with Crippen LogP contribution in [0.4, 0.5) is 0 Å². The van der Waals surface area contributed by atoms with Gasteiger partial charge in [-0.1, -0.05) is 65.7 Å². The smallest absolute Gasteiger partial charge is 0.343 e. The largest absolute Gasteiger partial charge is 0.422 e. The third kappa shape index (κ3) is 6.01. The van der Waals surface area contributed by atoms with Gasteiger partial charge in [-0.05, 0) is 55.0 Å². The Bertz CT molecular complexity index is 1440. The lowest BCUT2D eigenvalue weighted by Crippen LogP contribution is -2.34. The fourth-order valence-corrected chi connectivity index (χ4v) is 3.52. The molecule has 7 nitrogen and oxygen atoms in total. The van der Waals surface area contributed by atoms with E-state index in [4.69, 9.17) is 4.74 Å². The number of hydrogen-bond acceptors (Lipinski definition) is 5. The molecule has 2 N–H and O–H groups in total. The van der Waals surface area contributed by atoms with Gasteiger partial charge in [0, 0.05) is 11.1 Å². The summed E-state index contributed by atoms with van der Waals surface area (Å²) in [7, 11) is 0. The fraction of sp³-hybridized carbons (Fsp3) is 0.103. The number of carbonyl (C=O) groups is 3. The van der Waals surface area contributed by atoms with Crippen molar-refractivity contribution in [1.29, 1.82) is 0 Å². The van der Waals surface area contributed by atoms with Crippen LogP contribution in [0.5, 0.6) is 5.75 Å². The highest BCUT2D eigenvalue weighted by Gasteiger charge is 2.14. The maximum atomic E-state index is 12.7. The Morgan fingerprint density at radius 3 is 2.14 bits per heavy atom. The molecule has 0 atom stereocenters. The van der Waals surface area contributed by atoms with Crippen molar-refractivity contribution >= 4 is 34.8 Å². The van der Waals surface area contributed by atoms with Gasteiger partial charge in [0.25, 0.3) is 11.8 Å². The van der Waals surface area contributed by atoms with E-state index in [0.29, 0.717) is 22.4 Å². The van der Waals surface area contributed by atoms with E-state index < -0.39 is 11.9 Å². The highest BCUT2D eigenvalue weighted by atomic mass is 16.5. The minimum atomic E-state index is -0.497. The van der Waals surface area contributed by atoms with Crippen molar-refractivity contribution in [2.75, 3.05) is 6.54 Å². The van der Waals surface area contributed by atoms with Gasteiger partial charge in [0.05, 0.1) is 18.3 Å². The Kier molecular flexibility index (Phi) is 7.51. The van der Waals surface area contributed by atoms with Gasteiger partial charge >= 0.3 is 5.97 Å². The zero-order chi connectivity index (χ0) is 25.5. The number of rotatable bonds is 7. The summed E-state index contributed by atoms with van der Waals surface area (Å²) in [6.07, 6.45) is 1.43. The molecule has 0 fully saturated rings. The minimum absolute atomic E-state index is 0.241. The monoisotopic (exact) mass is 479 g/mol. The molecule has 0 bridgehead atoms. The van der Waals surface area contributed by atoms with Crippen LogP contribution < -0.4 is 15.5 Å². The van der Waals surface area contributed by atoms with Crippen LogP contribution >= 0.6 is 0 Å². The van der Waals surface area contributed by atoms with Gasteiger partial charge in [-0.15, -0.1) is 0 Å². The van der Waals surface area contributed by atoms with Crippen LogP contribution in [-0.2, 0) is 4.79 Å². The molecule has 36 heavy (non-hydrogen) atoms. The Morgan fingerprint density at radius 2 is 1.44 bits per heavy atom. The van der Waals surface area contributed by atoms with E-state index in [1.165, 1.54) is 6.21 Å². The first-order valence-corrected chi connectivity index (χ1v) is 11.4. The quantitative estimate of drug-likeness (QED) is 0.176. The topological polar surface area (TPSA) is 96.9 Å². The summed E-state index contributed by atoms with van der Waals surface area (Å²) in [5.74, 6) is -1.04. The van der Waals surface area contributed by atoms with E-state index in [9.17, 15) is 14.4 Å². The Hall–Kier alpha value is -4.78. The van der Waals surface area contributed by atoms with Crippen LogP contribution in [0.3, 0.4) is 0 Å². The van der Waals surface area contributed by atoms with Gasteiger partial charge in [0.1, 0.15) is 5.75 Å². The highest BCUT2D eigenvalue weighted by Crippen LogP contribution is 2.27. The second-order valence-electron chi connectivity index (χ2n) is 8.30. The lowest BCUT2D eigenvalue weighted by atomic mass is 10.0. The van der Waals surface area contributed by atoms with Gasteiger partial charge in [-0.25, -0.2) is 10.2 Å². The average Bonchev–Trinajstić information content (AvgIpc) is 2.89. The predicted octanol–water partition coefficient (Wildman–Crippen LogP) is 4.56. The van der Waals surface area contributed by atoms with Crippen molar-refractivity contribution in [3.63, 3.8) is 0 Å². The number of aryl methyl sites for hydroxylation is 2. The summed E-state index contributed by atoms with van der Waals surface area (Å²) in [6, 6.07) is 25.3. The second-order valence-corrected chi connectivity index (χ2v) is 8.30. The molecule has 4 rings (SSSR count). The Morgan fingerprint density at radius 1 is 0.806 bits per heavy atom. The summed E-state index contributed by atoms with van der Waals surface area (Å²) in [5, 5.41) is 8.33. The molecule has 0 aromatic heterocycles. The standard InChI is InChI=1S/C29H25N3O4/c1-19-7-11-22(12-8-19)28(34)30-18-27(33)32-31-17-25-24-6-4-3-5-21(24)15-16-26(25)36-29(35)23-13-9-20(2)10-14-23/h3-17H,18H2,1-2H3,(H,30,34)(H,32,33)/b31-17+. The first-order chi connectivity index (χ1) is 17.4. The number of carbonyl (C=O) groups excluding carboxylic acids is 3. The molecule has 180 valence electrons. The van der Waals surface area contributed by atoms with Crippen molar-refractivity contribution in [2.45, 2.75) is 13.8 Å². The van der Waals surface area contributed by atoms with E-state index in [1.54, 1.807) is 30.3 Å². The number of fused-ring (bicyclic) bond motifs is 1. The van der Waals surface area contributed by atoms with Gasteiger partial charge in [-0.2, -0.15) is 5.10 Å². The molecule has 4 aromatic carbocycles. The number of esters is 1. The summed E-state index contributed by atoms with van der Waals surface area (Å²) < 4.78 is 5.67. The maximum absolute atomic E-state index is 12.7. The highest BCUT2D eigenvalue weighted by molar-refractivity contribution is 6.04. The van der Waals surface area contributed by atoms with Crippen LogP contribution in [0.2, 0.25) is 0 Å². The number of nitrogens with zero attached hydrogens (tertiary/aromatic N) is 1. The SMILES string of the molecule is Cc1ccc(C(=O)NCC(=O)N/N=C/c2c(OC(=O)c3ccc(C)cc3)ccc3ccccc23)cc1. The molecule has 7 heteroatoms. The molecule has 0 radical (unpaired) electrons. The van der Waals surface area contributed by atoms with E-state index in [1.807, 2.05) is 68.4 Å². The molecule has 0 unspecified atom stereocenters. The zero-order valence-corrected chi connectivity index (χ0v) is 19.9. The third-order valence-corrected chi connectivity index (χ3v) is 5.53. The summed E-state index contributed by atoms with van der Waals surface area (Å²) in [4.78, 5) is 37.1. The van der Waals surface area contributed by atoms with Crippen LogP contribution in [0.15, 0.2) is 90.0 Å². The number of amides is 2. The summed E-state index contributed by atoms with van der Waals surface area (Å²) in [6.45, 7) is 3.63. The predicted molar refractivity (Wildman–Crippen MR) is 139 cm³/mol. The number of ether oxygens (including phenoxy) is 1. The Balaban J connectivity index is 1.46. The second kappa shape index (κ2) is 11.1. The van der Waals surface area contributed by atoms with E-state index in [0.717, 1.165) is 21.9 Å². The minimum Gasteiger partial charge on any atom is -0.422 e. The van der Waals surface area contributed by atoms with Crippen molar-refractivity contribution in [2.24, 2.45) is 5.10 Å². The van der Waals surface area contributed by atoms with Gasteiger partial charge in [-0.3, -0.25) is 9.59 Å². The molecule has 0 spiro atoms. The number of hydrazone groups is 1. The molecule has 0 saturated carbocycles. The molecule has 2 amide bonds. The number of hydrogen-bond donors (Lipinski definition) is 2. The first kappa shape index (κ1) is 24.3. The van der Waals surface area contributed by atoms with Crippen molar-refractivity contribution in [1.82, 2.24) is 10.7 Å². The molecule has 0 aliphatic rings. The van der Waals surface area contributed by atoms with E-state index in [-0.39, 0.29) is 12.5 Å². The average molecular weight is 480 g/mol. The van der Waals surface area contributed by atoms with Crippen molar-refractivity contribution in [3.05, 3.63) is 113 Å². The van der Waals surface area contributed by atoms with Crippen LogP contribution in [0, 0.1) is 13.8 Å². The molecule has 4 aromatic rings. The Labute approximate surface area is 208 Å². The van der Waals surface area contributed by atoms with Crippen LogP contribution in [0.25, 0.3) is 10.8 Å². The number of benzene rings is 4. The first-order valence-electron chi connectivity index (χ1n) is 11.4. The molecular weight excluding hydrogens is 454 g/mol.